The third-order valence-corrected chi connectivity index (χ3v) is 10.7. The number of hydrogen-bond donors (Lipinski definition) is 2. The highest BCUT2D eigenvalue weighted by molar-refractivity contribution is 7.92. The van der Waals surface area contributed by atoms with E-state index in [2.05, 4.69) is 10.0 Å². The van der Waals surface area contributed by atoms with Crippen LogP contribution in [0, 0.1) is 0 Å². The first-order chi connectivity index (χ1) is 21.3. The average Bonchev–Trinajstić information content (AvgIpc) is 3.61. The van der Waals surface area contributed by atoms with E-state index < -0.39 is 10.0 Å². The van der Waals surface area contributed by atoms with E-state index in [0.29, 0.717) is 48.1 Å². The fourth-order valence-electron chi connectivity index (χ4n) is 4.90. The number of aromatic nitrogens is 1. The number of carbonyl (C=O) groups excluding carboxylic acids is 2. The molecule has 2 N–H and O–H groups in total. The van der Waals surface area contributed by atoms with E-state index in [4.69, 9.17) is 14.5 Å². The SMILES string of the molecule is CCOC(=O)N1CCc2c(sc(NC(=O)c3ccc(NS(=O)(=O)c4ccc(OC)cc4)cc3)c2-c2nc3ccccc3s2)C1. The lowest BCUT2D eigenvalue weighted by atomic mass is 10.0. The molecule has 1 aliphatic heterocycles. The van der Waals surface area contributed by atoms with Gasteiger partial charge < -0.3 is 19.7 Å². The highest BCUT2D eigenvalue weighted by Gasteiger charge is 2.30. The molecule has 0 saturated heterocycles. The summed E-state index contributed by atoms with van der Waals surface area (Å²) >= 11 is 2.98. The number of hydrogen-bond acceptors (Lipinski definition) is 9. The van der Waals surface area contributed by atoms with Crippen LogP contribution in [-0.4, -0.2) is 50.6 Å². The Balaban J connectivity index is 1.25. The molecule has 0 aliphatic carbocycles. The van der Waals surface area contributed by atoms with E-state index in [-0.39, 0.29) is 16.9 Å². The second-order valence-electron chi connectivity index (χ2n) is 9.88. The Labute approximate surface area is 262 Å². The summed E-state index contributed by atoms with van der Waals surface area (Å²) in [5.74, 6) is 0.200. The van der Waals surface area contributed by atoms with Gasteiger partial charge in [-0.3, -0.25) is 9.52 Å². The number of rotatable bonds is 8. The van der Waals surface area contributed by atoms with Crippen molar-refractivity contribution in [2.24, 2.45) is 0 Å². The van der Waals surface area contributed by atoms with E-state index in [0.717, 1.165) is 31.2 Å². The number of sulfonamides is 1. The number of amides is 2. The van der Waals surface area contributed by atoms with Gasteiger partial charge in [0.1, 0.15) is 15.8 Å². The molecule has 2 amide bonds. The number of thiazole rings is 1. The van der Waals surface area contributed by atoms with Crippen LogP contribution in [0.3, 0.4) is 0 Å². The minimum absolute atomic E-state index is 0.0886. The van der Waals surface area contributed by atoms with Crippen molar-refractivity contribution in [3.63, 3.8) is 0 Å². The zero-order valence-electron chi connectivity index (χ0n) is 23.8. The second-order valence-corrected chi connectivity index (χ2v) is 13.7. The van der Waals surface area contributed by atoms with E-state index in [1.165, 1.54) is 30.6 Å². The van der Waals surface area contributed by atoms with Crippen LogP contribution in [0.15, 0.2) is 77.7 Å². The minimum Gasteiger partial charge on any atom is -0.497 e. The number of fused-ring (bicyclic) bond motifs is 2. The topological polar surface area (TPSA) is 127 Å². The summed E-state index contributed by atoms with van der Waals surface area (Å²) in [4.78, 5) is 33.5. The molecule has 0 bridgehead atoms. The molecule has 0 fully saturated rings. The van der Waals surface area contributed by atoms with Crippen LogP contribution in [0.25, 0.3) is 20.8 Å². The zero-order valence-corrected chi connectivity index (χ0v) is 26.3. The van der Waals surface area contributed by atoms with Gasteiger partial charge in [-0.2, -0.15) is 0 Å². The van der Waals surface area contributed by atoms with Crippen LogP contribution >= 0.6 is 22.7 Å². The van der Waals surface area contributed by atoms with Gasteiger partial charge in [0.2, 0.25) is 0 Å². The lowest BCUT2D eigenvalue weighted by Crippen LogP contribution is -2.35. The van der Waals surface area contributed by atoms with Crippen LogP contribution < -0.4 is 14.8 Å². The van der Waals surface area contributed by atoms with Gasteiger partial charge in [-0.1, -0.05) is 12.1 Å². The number of anilines is 2. The second kappa shape index (κ2) is 12.3. The van der Waals surface area contributed by atoms with Gasteiger partial charge in [-0.15, -0.1) is 22.7 Å². The summed E-state index contributed by atoms with van der Waals surface area (Å²) in [6, 6.07) is 20.1. The molecule has 0 saturated carbocycles. The van der Waals surface area contributed by atoms with Crippen LogP contribution in [-0.2, 0) is 27.7 Å². The number of nitrogens with one attached hydrogen (secondary N) is 2. The number of methoxy groups -OCH3 is 1. The normalized spacial score (nSPS) is 12.9. The largest absolute Gasteiger partial charge is 0.497 e. The lowest BCUT2D eigenvalue weighted by Gasteiger charge is -2.26. The molecule has 0 unspecified atom stereocenters. The Bertz CT molecular complexity index is 1920. The maximum Gasteiger partial charge on any atom is 0.410 e. The van der Waals surface area contributed by atoms with Gasteiger partial charge in [0.15, 0.2) is 0 Å². The molecule has 0 spiro atoms. The van der Waals surface area contributed by atoms with Crippen molar-refractivity contribution in [1.82, 2.24) is 9.88 Å². The molecule has 1 aliphatic rings. The van der Waals surface area contributed by atoms with Crippen molar-refractivity contribution < 1.29 is 27.5 Å². The molecule has 10 nitrogen and oxygen atoms in total. The third kappa shape index (κ3) is 5.98. The first-order valence-corrected chi connectivity index (χ1v) is 16.9. The van der Waals surface area contributed by atoms with Gasteiger partial charge >= 0.3 is 6.09 Å². The van der Waals surface area contributed by atoms with Gasteiger partial charge in [0.05, 0.1) is 35.4 Å². The standard InChI is InChI=1S/C31H28N4O6S3/c1-3-41-31(37)35-17-16-23-26(18-35)43-30(27(23)29-32-24-6-4-5-7-25(24)42-29)33-28(36)19-8-10-20(11-9-19)34-44(38,39)22-14-12-21(40-2)13-15-22/h4-15,34H,3,16-18H2,1-2H3,(H,33,36). The molecule has 3 aromatic carbocycles. The number of ether oxygens (including phenoxy) is 2. The van der Waals surface area contributed by atoms with Gasteiger partial charge in [0, 0.05) is 28.2 Å². The fraction of sp³-hybridized carbons (Fsp3) is 0.194. The van der Waals surface area contributed by atoms with Crippen molar-refractivity contribution in [3.05, 3.63) is 88.8 Å². The Hall–Kier alpha value is -4.46. The van der Waals surface area contributed by atoms with Crippen LogP contribution in [0.1, 0.15) is 27.7 Å². The monoisotopic (exact) mass is 648 g/mol. The Kier molecular flexibility index (Phi) is 8.25. The fourth-order valence-corrected chi connectivity index (χ4v) is 8.33. The van der Waals surface area contributed by atoms with Crippen LogP contribution in [0.4, 0.5) is 15.5 Å². The summed E-state index contributed by atoms with van der Waals surface area (Å²) in [6.07, 6.45) is 0.246. The first kappa shape index (κ1) is 29.6. The summed E-state index contributed by atoms with van der Waals surface area (Å²) in [5.41, 5.74) is 3.48. The molecule has 5 aromatic rings. The van der Waals surface area contributed by atoms with Gasteiger partial charge in [0.25, 0.3) is 15.9 Å². The smallest absolute Gasteiger partial charge is 0.410 e. The average molecular weight is 649 g/mol. The molecule has 0 atom stereocenters. The number of nitrogens with zero attached hydrogens (tertiary/aromatic N) is 2. The number of carbonyl (C=O) groups is 2. The van der Waals surface area contributed by atoms with Crippen molar-refractivity contribution in [2.45, 2.75) is 24.8 Å². The van der Waals surface area contributed by atoms with Crippen molar-refractivity contribution in [2.75, 3.05) is 30.3 Å². The summed E-state index contributed by atoms with van der Waals surface area (Å²) in [5, 5.41) is 4.51. The Morgan fingerprint density at radius 2 is 1.75 bits per heavy atom. The predicted octanol–water partition coefficient (Wildman–Crippen LogP) is 6.60. The van der Waals surface area contributed by atoms with Crippen molar-refractivity contribution >= 4 is 65.6 Å². The summed E-state index contributed by atoms with van der Waals surface area (Å²) in [7, 11) is -2.32. The molecular weight excluding hydrogens is 621 g/mol. The van der Waals surface area contributed by atoms with Gasteiger partial charge in [-0.25, -0.2) is 18.2 Å². The van der Waals surface area contributed by atoms with Gasteiger partial charge in [-0.05, 0) is 79.6 Å². The molecule has 2 aromatic heterocycles. The van der Waals surface area contributed by atoms with Crippen LogP contribution in [0.2, 0.25) is 0 Å². The molecule has 6 rings (SSSR count). The number of para-hydroxylation sites is 1. The highest BCUT2D eigenvalue weighted by atomic mass is 32.2. The Morgan fingerprint density at radius 3 is 2.45 bits per heavy atom. The maximum absolute atomic E-state index is 13.5. The van der Waals surface area contributed by atoms with E-state index in [9.17, 15) is 18.0 Å². The molecule has 13 heteroatoms. The first-order valence-electron chi connectivity index (χ1n) is 13.8. The van der Waals surface area contributed by atoms with Crippen molar-refractivity contribution in [1.29, 1.82) is 0 Å². The zero-order chi connectivity index (χ0) is 30.8. The predicted molar refractivity (Wildman–Crippen MR) is 172 cm³/mol. The minimum atomic E-state index is -3.83. The summed E-state index contributed by atoms with van der Waals surface area (Å²) < 4.78 is 39.5. The van der Waals surface area contributed by atoms with E-state index in [1.807, 2.05) is 24.3 Å². The summed E-state index contributed by atoms with van der Waals surface area (Å²) in [6.45, 7) is 2.96. The van der Waals surface area contributed by atoms with Crippen LogP contribution in [0.5, 0.6) is 5.75 Å². The molecule has 226 valence electrons. The number of benzene rings is 3. The molecule has 44 heavy (non-hydrogen) atoms. The molecular formula is C31H28N4O6S3. The highest BCUT2D eigenvalue weighted by Crippen LogP contribution is 2.46. The quantitative estimate of drug-likeness (QED) is 0.194. The van der Waals surface area contributed by atoms with E-state index >= 15 is 0 Å². The molecule has 0 radical (unpaired) electrons. The third-order valence-electron chi connectivity index (χ3n) is 7.09. The Morgan fingerprint density at radius 1 is 1.00 bits per heavy atom. The molecule has 3 heterocycles. The maximum atomic E-state index is 13.5. The van der Waals surface area contributed by atoms with E-state index in [1.54, 1.807) is 59.6 Å². The van der Waals surface area contributed by atoms with Crippen molar-refractivity contribution in [3.8, 4) is 16.3 Å². The number of thiophene rings is 1. The lowest BCUT2D eigenvalue weighted by molar-refractivity contribution is 0.102.